The van der Waals surface area contributed by atoms with Gasteiger partial charge in [-0.2, -0.15) is 0 Å². The van der Waals surface area contributed by atoms with Crippen molar-refractivity contribution < 1.29 is 4.42 Å². The van der Waals surface area contributed by atoms with Crippen molar-refractivity contribution in [1.82, 2.24) is 19.5 Å². The molecule has 0 aliphatic carbocycles. The largest absolute Gasteiger partial charge is 0.456 e. The number of furan rings is 1. The van der Waals surface area contributed by atoms with Gasteiger partial charge in [-0.05, 0) is 79.5 Å². The van der Waals surface area contributed by atoms with Gasteiger partial charge in [-0.1, -0.05) is 152 Å². The van der Waals surface area contributed by atoms with Crippen LogP contribution in [0, 0.1) is 0 Å². The number of benzene rings is 10. The van der Waals surface area contributed by atoms with E-state index < -0.39 is 0 Å². The van der Waals surface area contributed by atoms with Crippen LogP contribution in [0.25, 0.3) is 127 Å². The topological polar surface area (TPSA) is 56.7 Å². The molecule has 0 atom stereocenters. The Labute approximate surface area is 343 Å². The Morgan fingerprint density at radius 3 is 1.75 bits per heavy atom. The number of rotatable bonds is 4. The van der Waals surface area contributed by atoms with Crippen LogP contribution in [0.5, 0.6) is 0 Å². The van der Waals surface area contributed by atoms with Gasteiger partial charge in [-0.25, -0.2) is 15.0 Å². The number of hydrogen-bond donors (Lipinski definition) is 0. The fourth-order valence-electron chi connectivity index (χ4n) is 9.39. The minimum atomic E-state index is 0.575. The summed E-state index contributed by atoms with van der Waals surface area (Å²) in [5.74, 6) is 1.79. The summed E-state index contributed by atoms with van der Waals surface area (Å²) >= 11 is 0. The van der Waals surface area contributed by atoms with Gasteiger partial charge in [-0.15, -0.1) is 0 Å². The molecule has 0 radical (unpaired) electrons. The van der Waals surface area contributed by atoms with E-state index in [1.807, 2.05) is 12.1 Å². The average molecular weight is 765 g/mol. The van der Waals surface area contributed by atoms with E-state index in [9.17, 15) is 0 Å². The fraction of sp³-hybridized carbons (Fsp3) is 0. The van der Waals surface area contributed by atoms with E-state index in [0.29, 0.717) is 17.5 Å². The summed E-state index contributed by atoms with van der Waals surface area (Å²) in [6.07, 6.45) is 0. The average Bonchev–Trinajstić information content (AvgIpc) is 3.85. The van der Waals surface area contributed by atoms with Crippen LogP contribution in [0.2, 0.25) is 0 Å². The van der Waals surface area contributed by atoms with Crippen molar-refractivity contribution in [3.63, 3.8) is 0 Å². The second kappa shape index (κ2) is 12.7. The highest BCUT2D eigenvalue weighted by molar-refractivity contribution is 6.23. The first-order valence-electron chi connectivity index (χ1n) is 20.3. The normalized spacial score (nSPS) is 12.0. The Balaban J connectivity index is 1.15. The zero-order chi connectivity index (χ0) is 39.3. The van der Waals surface area contributed by atoms with Gasteiger partial charge in [0.2, 0.25) is 0 Å². The van der Waals surface area contributed by atoms with E-state index in [0.717, 1.165) is 76.9 Å². The Morgan fingerprint density at radius 1 is 0.333 bits per heavy atom. The standard InChI is InChI=1S/C55H32N4O/c1-2-15-36-28-39(25-24-33(36)12-1)53-56-54(43-22-11-18-34-13-5-7-19-41(34)43)58-55(57-53)46-31-40(32-50-52(46)44-21-9-10-23-49(44)60-50)59-47-27-26-35-14-6-8-20-42(35)51(47)45-29-37-16-3-4-17-38(37)30-48(45)59/h1-32H. The maximum absolute atomic E-state index is 6.77. The Bertz CT molecular complexity index is 3910. The molecular weight excluding hydrogens is 733 g/mol. The predicted molar refractivity (Wildman–Crippen MR) is 248 cm³/mol. The first-order valence-corrected chi connectivity index (χ1v) is 20.3. The van der Waals surface area contributed by atoms with Crippen LogP contribution in [-0.2, 0) is 0 Å². The molecule has 10 aromatic carbocycles. The van der Waals surface area contributed by atoms with Crippen molar-refractivity contribution in [2.45, 2.75) is 0 Å². The van der Waals surface area contributed by atoms with Crippen LogP contribution in [0.1, 0.15) is 0 Å². The van der Waals surface area contributed by atoms with E-state index in [2.05, 4.69) is 187 Å². The van der Waals surface area contributed by atoms with Gasteiger partial charge in [0.15, 0.2) is 17.5 Å². The van der Waals surface area contributed by atoms with E-state index in [4.69, 9.17) is 19.4 Å². The van der Waals surface area contributed by atoms with Gasteiger partial charge in [0.05, 0.1) is 16.7 Å². The Kier molecular flexibility index (Phi) is 6.95. The lowest BCUT2D eigenvalue weighted by atomic mass is 10.0. The third kappa shape index (κ3) is 4.96. The summed E-state index contributed by atoms with van der Waals surface area (Å²) in [4.78, 5) is 16.0. The van der Waals surface area contributed by atoms with Gasteiger partial charge in [0.25, 0.3) is 0 Å². The zero-order valence-corrected chi connectivity index (χ0v) is 32.2. The lowest BCUT2D eigenvalue weighted by Crippen LogP contribution is -2.02. The van der Waals surface area contributed by atoms with Crippen molar-refractivity contribution in [3.8, 4) is 39.9 Å². The maximum Gasteiger partial charge on any atom is 0.164 e. The lowest BCUT2D eigenvalue weighted by Gasteiger charge is -2.14. The summed E-state index contributed by atoms with van der Waals surface area (Å²) in [5.41, 5.74) is 7.50. The molecule has 0 bridgehead atoms. The number of aromatic nitrogens is 4. The third-order valence-corrected chi connectivity index (χ3v) is 12.2. The molecule has 0 N–H and O–H groups in total. The van der Waals surface area contributed by atoms with Crippen molar-refractivity contribution in [2.24, 2.45) is 0 Å². The van der Waals surface area contributed by atoms with Crippen molar-refractivity contribution in [3.05, 3.63) is 194 Å². The summed E-state index contributed by atoms with van der Waals surface area (Å²) < 4.78 is 9.15. The van der Waals surface area contributed by atoms with Crippen LogP contribution in [-0.4, -0.2) is 19.5 Å². The van der Waals surface area contributed by atoms with Gasteiger partial charge in [0.1, 0.15) is 11.2 Å². The van der Waals surface area contributed by atoms with E-state index in [1.54, 1.807) is 0 Å². The predicted octanol–water partition coefficient (Wildman–Crippen LogP) is 14.5. The second-order valence-electron chi connectivity index (χ2n) is 15.6. The number of fused-ring (bicyclic) bond motifs is 11. The molecule has 13 aromatic rings. The first kappa shape index (κ1) is 32.9. The lowest BCUT2D eigenvalue weighted by molar-refractivity contribution is 0.668. The highest BCUT2D eigenvalue weighted by Gasteiger charge is 2.23. The van der Waals surface area contributed by atoms with Crippen LogP contribution in [0.15, 0.2) is 199 Å². The number of hydrogen-bond acceptors (Lipinski definition) is 4. The molecular formula is C55H32N4O. The first-order chi connectivity index (χ1) is 29.7. The molecule has 0 aliphatic heterocycles. The van der Waals surface area contributed by atoms with Crippen LogP contribution < -0.4 is 0 Å². The fourth-order valence-corrected chi connectivity index (χ4v) is 9.39. The van der Waals surface area contributed by atoms with Gasteiger partial charge in [0, 0.05) is 44.3 Å². The zero-order valence-electron chi connectivity index (χ0n) is 32.2. The molecule has 0 saturated heterocycles. The summed E-state index contributed by atoms with van der Waals surface area (Å²) in [6.45, 7) is 0. The van der Waals surface area contributed by atoms with E-state index in [1.165, 1.54) is 32.3 Å². The second-order valence-corrected chi connectivity index (χ2v) is 15.6. The molecule has 5 heteroatoms. The molecule has 0 fully saturated rings. The number of nitrogens with zero attached hydrogens (tertiary/aromatic N) is 4. The molecule has 0 aliphatic rings. The summed E-state index contributed by atoms with van der Waals surface area (Å²) in [7, 11) is 0. The molecule has 0 amide bonds. The van der Waals surface area contributed by atoms with Crippen molar-refractivity contribution >= 4 is 86.8 Å². The SMILES string of the molecule is c1ccc2cc(-c3nc(-c4cccc5ccccc45)nc(-c4cc(-n5c6cc7ccccc7cc6c6c7ccccc7ccc65)cc5oc6ccccc6c45)n3)ccc2c1. The van der Waals surface area contributed by atoms with E-state index >= 15 is 0 Å². The van der Waals surface area contributed by atoms with Crippen LogP contribution in [0.4, 0.5) is 0 Å². The van der Waals surface area contributed by atoms with Crippen molar-refractivity contribution in [1.29, 1.82) is 0 Å². The molecule has 278 valence electrons. The molecule has 5 nitrogen and oxygen atoms in total. The minimum Gasteiger partial charge on any atom is -0.456 e. The van der Waals surface area contributed by atoms with E-state index in [-0.39, 0.29) is 0 Å². The highest BCUT2D eigenvalue weighted by atomic mass is 16.3. The minimum absolute atomic E-state index is 0.575. The molecule has 60 heavy (non-hydrogen) atoms. The van der Waals surface area contributed by atoms with Gasteiger partial charge >= 0.3 is 0 Å². The Hall–Kier alpha value is -8.15. The molecule has 3 heterocycles. The number of para-hydroxylation sites is 1. The van der Waals surface area contributed by atoms with Gasteiger partial charge in [-0.3, -0.25) is 0 Å². The molecule has 3 aromatic heterocycles. The third-order valence-electron chi connectivity index (χ3n) is 12.2. The smallest absolute Gasteiger partial charge is 0.164 e. The monoisotopic (exact) mass is 764 g/mol. The Morgan fingerprint density at radius 2 is 0.933 bits per heavy atom. The van der Waals surface area contributed by atoms with Crippen LogP contribution in [0.3, 0.4) is 0 Å². The molecule has 0 spiro atoms. The van der Waals surface area contributed by atoms with Gasteiger partial charge < -0.3 is 8.98 Å². The maximum atomic E-state index is 6.77. The highest BCUT2D eigenvalue weighted by Crippen LogP contribution is 2.43. The summed E-state index contributed by atoms with van der Waals surface area (Å²) in [5, 5.41) is 13.7. The van der Waals surface area contributed by atoms with Crippen molar-refractivity contribution in [2.75, 3.05) is 0 Å². The molecule has 0 saturated carbocycles. The van der Waals surface area contributed by atoms with Crippen LogP contribution >= 0.6 is 0 Å². The summed E-state index contributed by atoms with van der Waals surface area (Å²) in [6, 6.07) is 68.7. The molecule has 0 unspecified atom stereocenters. The quantitative estimate of drug-likeness (QED) is 0.179. The molecule has 13 rings (SSSR count).